The molecular weight excluding hydrogens is 451 g/mol. The number of halogens is 3. The van der Waals surface area contributed by atoms with E-state index in [0.717, 1.165) is 37.5 Å². The van der Waals surface area contributed by atoms with Gasteiger partial charge in [-0.2, -0.15) is 18.3 Å². The number of nitrogens with zero attached hydrogens (tertiary/aromatic N) is 5. The molecule has 4 heterocycles. The van der Waals surface area contributed by atoms with Gasteiger partial charge in [0.2, 0.25) is 0 Å². The molecule has 1 amide bonds. The van der Waals surface area contributed by atoms with Crippen LogP contribution >= 0.6 is 0 Å². The number of carbonyl (C=O) groups is 1. The standard InChI is InChI=1S/C23H24F3N5O3/c24-23(25,26)20-13-19(17-3-1-16(2-4-17)15-29-5-9-33-10-6-29)28-21-18(14-27-31(20)21)22(32)30-7-11-34-12-8-30/h1-4,13-14H,5-12,15H2. The normalized spacial score (nSPS) is 17.9. The Balaban J connectivity index is 1.49. The van der Waals surface area contributed by atoms with Crippen molar-refractivity contribution in [3.63, 3.8) is 0 Å². The maximum Gasteiger partial charge on any atom is 0.433 e. The number of carbonyl (C=O) groups excluding carboxylic acids is 1. The number of amides is 1. The van der Waals surface area contributed by atoms with Crippen LogP contribution < -0.4 is 0 Å². The van der Waals surface area contributed by atoms with Crippen LogP contribution in [0.2, 0.25) is 0 Å². The molecule has 2 fully saturated rings. The van der Waals surface area contributed by atoms with E-state index < -0.39 is 17.8 Å². The number of morpholine rings is 2. The van der Waals surface area contributed by atoms with Crippen LogP contribution in [0.5, 0.6) is 0 Å². The van der Waals surface area contributed by atoms with Gasteiger partial charge in [0.25, 0.3) is 5.91 Å². The van der Waals surface area contributed by atoms with Gasteiger partial charge in [-0.3, -0.25) is 9.69 Å². The summed E-state index contributed by atoms with van der Waals surface area (Å²) in [6, 6.07) is 8.27. The van der Waals surface area contributed by atoms with Crippen molar-refractivity contribution < 1.29 is 27.4 Å². The lowest BCUT2D eigenvalue weighted by atomic mass is 10.1. The second-order valence-electron chi connectivity index (χ2n) is 8.31. The maximum atomic E-state index is 13.9. The highest BCUT2D eigenvalue weighted by Crippen LogP contribution is 2.33. The van der Waals surface area contributed by atoms with Crippen LogP contribution in [-0.4, -0.2) is 82.9 Å². The zero-order chi connectivity index (χ0) is 23.7. The summed E-state index contributed by atoms with van der Waals surface area (Å²) >= 11 is 0. The highest BCUT2D eigenvalue weighted by molar-refractivity contribution is 6.00. The molecule has 1 aromatic carbocycles. The minimum absolute atomic E-state index is 0.0400. The second kappa shape index (κ2) is 9.32. The van der Waals surface area contributed by atoms with E-state index in [1.807, 2.05) is 12.1 Å². The third kappa shape index (κ3) is 4.63. The summed E-state index contributed by atoms with van der Waals surface area (Å²) in [6.45, 7) is 5.32. The molecule has 2 aliphatic heterocycles. The van der Waals surface area contributed by atoms with Crippen molar-refractivity contribution >= 4 is 11.6 Å². The first-order valence-corrected chi connectivity index (χ1v) is 11.1. The van der Waals surface area contributed by atoms with Crippen molar-refractivity contribution in [3.8, 4) is 11.3 Å². The Morgan fingerprint density at radius 3 is 2.26 bits per heavy atom. The molecule has 0 aliphatic carbocycles. The fraction of sp³-hybridized carbons (Fsp3) is 0.435. The van der Waals surface area contributed by atoms with Gasteiger partial charge < -0.3 is 14.4 Å². The van der Waals surface area contributed by atoms with Gasteiger partial charge in [-0.15, -0.1) is 0 Å². The average Bonchev–Trinajstić information content (AvgIpc) is 3.28. The Bertz CT molecular complexity index is 1170. The number of alkyl halides is 3. The van der Waals surface area contributed by atoms with Crippen molar-refractivity contribution in [1.82, 2.24) is 24.4 Å². The number of hydrogen-bond donors (Lipinski definition) is 0. The van der Waals surface area contributed by atoms with Crippen LogP contribution in [0.4, 0.5) is 13.2 Å². The van der Waals surface area contributed by atoms with Gasteiger partial charge in [0.05, 0.1) is 38.3 Å². The lowest BCUT2D eigenvalue weighted by molar-refractivity contribution is -0.142. The van der Waals surface area contributed by atoms with Crippen molar-refractivity contribution in [1.29, 1.82) is 0 Å². The third-order valence-electron chi connectivity index (χ3n) is 6.05. The average molecular weight is 475 g/mol. The van der Waals surface area contributed by atoms with Crippen molar-refractivity contribution in [2.24, 2.45) is 0 Å². The van der Waals surface area contributed by atoms with E-state index in [1.54, 1.807) is 17.0 Å². The van der Waals surface area contributed by atoms with Gasteiger partial charge in [-0.05, 0) is 11.6 Å². The third-order valence-corrected chi connectivity index (χ3v) is 6.05. The summed E-state index contributed by atoms with van der Waals surface area (Å²) in [5.41, 5.74) is 0.664. The molecule has 0 N–H and O–H groups in total. The van der Waals surface area contributed by atoms with Crippen LogP contribution in [0.25, 0.3) is 16.9 Å². The van der Waals surface area contributed by atoms with Crippen LogP contribution in [0.15, 0.2) is 36.5 Å². The molecule has 180 valence electrons. The Morgan fingerprint density at radius 2 is 1.62 bits per heavy atom. The Labute approximate surface area is 193 Å². The fourth-order valence-electron chi connectivity index (χ4n) is 4.20. The molecular formula is C23H24F3N5O3. The maximum absolute atomic E-state index is 13.9. The minimum Gasteiger partial charge on any atom is -0.379 e. The second-order valence-corrected chi connectivity index (χ2v) is 8.31. The van der Waals surface area contributed by atoms with Gasteiger partial charge in [0.1, 0.15) is 5.56 Å². The van der Waals surface area contributed by atoms with Gasteiger partial charge >= 0.3 is 6.18 Å². The van der Waals surface area contributed by atoms with Crippen molar-refractivity contribution in [2.75, 3.05) is 52.6 Å². The molecule has 0 spiro atoms. The van der Waals surface area contributed by atoms with E-state index >= 15 is 0 Å². The summed E-state index contributed by atoms with van der Waals surface area (Å²) in [5, 5.41) is 3.85. The molecule has 0 unspecified atom stereocenters. The first-order chi connectivity index (χ1) is 16.4. The van der Waals surface area contributed by atoms with Crippen LogP contribution in [0.3, 0.4) is 0 Å². The zero-order valence-electron chi connectivity index (χ0n) is 18.4. The van der Waals surface area contributed by atoms with Crippen molar-refractivity contribution in [2.45, 2.75) is 12.7 Å². The number of benzene rings is 1. The summed E-state index contributed by atoms with van der Waals surface area (Å²) in [4.78, 5) is 21.2. The SMILES string of the molecule is O=C(c1cnn2c(C(F)(F)F)cc(-c3ccc(CN4CCOCC4)cc3)nc12)N1CCOCC1. The number of rotatable bonds is 4. The first-order valence-electron chi connectivity index (χ1n) is 11.1. The molecule has 0 bridgehead atoms. The minimum atomic E-state index is -4.67. The van der Waals surface area contributed by atoms with Gasteiger partial charge in [0, 0.05) is 38.3 Å². The summed E-state index contributed by atoms with van der Waals surface area (Å²) in [6.07, 6.45) is -3.51. The molecule has 8 nitrogen and oxygen atoms in total. The van der Waals surface area contributed by atoms with Gasteiger partial charge in [-0.25, -0.2) is 9.50 Å². The predicted molar refractivity (Wildman–Crippen MR) is 116 cm³/mol. The smallest absolute Gasteiger partial charge is 0.379 e. The summed E-state index contributed by atoms with van der Waals surface area (Å²) in [5.74, 6) is -0.406. The largest absolute Gasteiger partial charge is 0.433 e. The fourth-order valence-corrected chi connectivity index (χ4v) is 4.20. The van der Waals surface area contributed by atoms with E-state index in [9.17, 15) is 18.0 Å². The van der Waals surface area contributed by atoms with Crippen molar-refractivity contribution in [3.05, 3.63) is 53.3 Å². The van der Waals surface area contributed by atoms with E-state index in [2.05, 4.69) is 15.0 Å². The number of fused-ring (bicyclic) bond motifs is 1. The highest BCUT2D eigenvalue weighted by atomic mass is 19.4. The topological polar surface area (TPSA) is 72.2 Å². The van der Waals surface area contributed by atoms with Gasteiger partial charge in [-0.1, -0.05) is 24.3 Å². The van der Waals surface area contributed by atoms with E-state index in [-0.39, 0.29) is 16.9 Å². The predicted octanol–water partition coefficient (Wildman–Crippen LogP) is 2.72. The number of hydrogen-bond acceptors (Lipinski definition) is 6. The van der Waals surface area contributed by atoms with Gasteiger partial charge in [0.15, 0.2) is 11.3 Å². The lowest BCUT2D eigenvalue weighted by Gasteiger charge is -2.26. The Morgan fingerprint density at radius 1 is 0.971 bits per heavy atom. The van der Waals surface area contributed by atoms with E-state index in [1.165, 1.54) is 0 Å². The molecule has 2 aromatic heterocycles. The molecule has 11 heteroatoms. The number of aromatic nitrogens is 3. The zero-order valence-corrected chi connectivity index (χ0v) is 18.4. The molecule has 2 saturated heterocycles. The van der Waals surface area contributed by atoms with Crippen LogP contribution in [-0.2, 0) is 22.2 Å². The highest BCUT2D eigenvalue weighted by Gasteiger charge is 2.36. The Hall–Kier alpha value is -3.02. The number of ether oxygens (including phenoxy) is 2. The monoisotopic (exact) mass is 475 g/mol. The first kappa shape index (κ1) is 22.8. The summed E-state index contributed by atoms with van der Waals surface area (Å²) < 4.78 is 53.0. The molecule has 0 saturated carbocycles. The van der Waals surface area contributed by atoms with Crippen LogP contribution in [0.1, 0.15) is 21.6 Å². The lowest BCUT2D eigenvalue weighted by Crippen LogP contribution is -2.40. The molecule has 0 atom stereocenters. The molecule has 5 rings (SSSR count). The van der Waals surface area contributed by atoms with Crippen LogP contribution in [0, 0.1) is 0 Å². The Kier molecular flexibility index (Phi) is 6.24. The molecule has 3 aromatic rings. The van der Waals surface area contributed by atoms with E-state index in [4.69, 9.17) is 9.47 Å². The quantitative estimate of drug-likeness (QED) is 0.578. The molecule has 2 aliphatic rings. The molecule has 34 heavy (non-hydrogen) atoms. The molecule has 0 radical (unpaired) electrons. The summed E-state index contributed by atoms with van der Waals surface area (Å²) in [7, 11) is 0. The van der Waals surface area contributed by atoms with E-state index in [0.29, 0.717) is 49.6 Å².